The maximum Gasteiger partial charge on any atom is 0.0160 e. The van der Waals surface area contributed by atoms with E-state index in [1.807, 2.05) is 42.5 Å². The smallest absolute Gasteiger partial charge is 0.0160 e. The van der Waals surface area contributed by atoms with Gasteiger partial charge in [0.1, 0.15) is 0 Å². The van der Waals surface area contributed by atoms with E-state index < -0.39 is 0 Å². The van der Waals surface area contributed by atoms with Crippen molar-refractivity contribution in [3.05, 3.63) is 67.9 Å². The monoisotopic (exact) mass is 401 g/mol. The Balaban J connectivity index is 0. The number of aromatic nitrogens is 1. The quantitative estimate of drug-likeness (QED) is 0.691. The molecule has 3 nitrogen and oxygen atoms in total. The van der Waals surface area contributed by atoms with Gasteiger partial charge in [0.25, 0.3) is 0 Å². The summed E-state index contributed by atoms with van der Waals surface area (Å²) in [7, 11) is 0. The first-order chi connectivity index (χ1) is 7.97. The molecule has 0 fully saturated rings. The summed E-state index contributed by atoms with van der Waals surface area (Å²) < 4.78 is 0. The van der Waals surface area contributed by atoms with Gasteiger partial charge in [-0.2, -0.15) is 0 Å². The second-order valence-electron chi connectivity index (χ2n) is 2.49. The van der Waals surface area contributed by atoms with Crippen LogP contribution in [0.4, 0.5) is 0 Å². The van der Waals surface area contributed by atoms with E-state index in [-0.39, 0.29) is 21.1 Å². The second-order valence-corrected chi connectivity index (χ2v) is 2.49. The minimum atomic E-state index is 0. The maximum atomic E-state index is 6.25. The molecule has 2 rings (SSSR count). The standard InChI is InChI=1S/C11H8N.2CN.Pt/c1-2-6-10(7-3-1)11-8-4-5-9-12-11;2*1-2;/h1-6,8-9H;;;/q3*-1;. The van der Waals surface area contributed by atoms with Gasteiger partial charge in [-0.25, -0.2) is 0 Å². The van der Waals surface area contributed by atoms with Crippen molar-refractivity contribution in [3.63, 3.8) is 0 Å². The topological polar surface area (TPSA) is 60.5 Å². The normalized spacial score (nSPS) is 7.06. The van der Waals surface area contributed by atoms with Gasteiger partial charge in [0.15, 0.2) is 0 Å². The summed E-state index contributed by atoms with van der Waals surface area (Å²) in [5.74, 6) is 0. The molecule has 0 radical (unpaired) electrons. The van der Waals surface area contributed by atoms with E-state index in [1.54, 1.807) is 6.20 Å². The van der Waals surface area contributed by atoms with Crippen LogP contribution < -0.4 is 0 Å². The Morgan fingerprint density at radius 2 is 1.59 bits per heavy atom. The van der Waals surface area contributed by atoms with E-state index >= 15 is 0 Å². The molecule has 0 aliphatic heterocycles. The number of nitrogens with zero attached hydrogens (tertiary/aromatic N) is 3. The molecule has 0 amide bonds. The Kier molecular flexibility index (Phi) is 12.4. The van der Waals surface area contributed by atoms with E-state index in [0.29, 0.717) is 0 Å². The zero-order valence-electron chi connectivity index (χ0n) is 8.78. The first-order valence-corrected chi connectivity index (χ1v) is 4.30. The molecule has 88 valence electrons. The zero-order valence-corrected chi connectivity index (χ0v) is 11.0. The third-order valence-electron chi connectivity index (χ3n) is 1.65. The molecule has 1 heterocycles. The first-order valence-electron chi connectivity index (χ1n) is 4.30. The number of hydrogen-bond donors (Lipinski definition) is 0. The maximum absolute atomic E-state index is 6.25. The van der Waals surface area contributed by atoms with Gasteiger partial charge in [-0.15, -0.1) is 35.9 Å². The molecule has 0 saturated carbocycles. The summed E-state index contributed by atoms with van der Waals surface area (Å²) in [6.07, 6.45) is 1.79. The van der Waals surface area contributed by atoms with E-state index in [4.69, 9.17) is 23.7 Å². The third kappa shape index (κ3) is 6.25. The molecule has 4 heteroatoms. The molecule has 17 heavy (non-hydrogen) atoms. The van der Waals surface area contributed by atoms with Gasteiger partial charge in [0.2, 0.25) is 0 Å². The summed E-state index contributed by atoms with van der Waals surface area (Å²) in [5.41, 5.74) is 2.01. The molecule has 0 atom stereocenters. The van der Waals surface area contributed by atoms with Gasteiger partial charge in [0, 0.05) is 27.3 Å². The van der Waals surface area contributed by atoms with E-state index in [2.05, 4.69) is 11.1 Å². The van der Waals surface area contributed by atoms with Crippen molar-refractivity contribution in [2.45, 2.75) is 0 Å². The van der Waals surface area contributed by atoms with Crippen LogP contribution in [0.5, 0.6) is 0 Å². The van der Waals surface area contributed by atoms with Gasteiger partial charge in [-0.1, -0.05) is 12.1 Å². The van der Waals surface area contributed by atoms with Gasteiger partial charge in [0.05, 0.1) is 0 Å². The van der Waals surface area contributed by atoms with Crippen LogP contribution >= 0.6 is 0 Å². The minimum absolute atomic E-state index is 0. The van der Waals surface area contributed by atoms with Crippen LogP contribution in [-0.4, -0.2) is 4.98 Å². The first kappa shape index (κ1) is 17.4. The Morgan fingerprint density at radius 3 is 2.06 bits per heavy atom. The summed E-state index contributed by atoms with van der Waals surface area (Å²) in [5, 5.41) is 12.5. The van der Waals surface area contributed by atoms with Crippen molar-refractivity contribution in [2.75, 3.05) is 0 Å². The number of rotatable bonds is 1. The molecule has 0 unspecified atom stereocenters. The summed E-state index contributed by atoms with van der Waals surface area (Å²) in [6.45, 7) is 9.50. The fourth-order valence-electron chi connectivity index (χ4n) is 1.07. The fourth-order valence-corrected chi connectivity index (χ4v) is 1.07. The SMILES string of the molecule is [C-]#N.[C-]#N.[Pt].[c-]1ccccc1-c1ccccn1. The Morgan fingerprint density at radius 1 is 0.941 bits per heavy atom. The average molecular weight is 401 g/mol. The molecule has 1 aromatic carbocycles. The molecule has 0 aliphatic rings. The third-order valence-corrected chi connectivity index (χ3v) is 1.65. The average Bonchev–Trinajstić information content (AvgIpc) is 2.45. The Labute approximate surface area is 116 Å². The molecule has 2 aromatic rings. The van der Waals surface area contributed by atoms with Crippen molar-refractivity contribution in [1.29, 1.82) is 10.5 Å². The van der Waals surface area contributed by atoms with Gasteiger partial charge in [-0.05, 0) is 11.8 Å². The Bertz CT molecular complexity index is 380. The largest absolute Gasteiger partial charge is 0.512 e. The summed E-state index contributed by atoms with van der Waals surface area (Å²) in [4.78, 5) is 4.22. The predicted octanol–water partition coefficient (Wildman–Crippen LogP) is 2.74. The molecule has 0 saturated heterocycles. The van der Waals surface area contributed by atoms with Gasteiger partial charge < -0.3 is 28.7 Å². The van der Waals surface area contributed by atoms with Crippen LogP contribution in [0, 0.1) is 29.7 Å². The van der Waals surface area contributed by atoms with Crippen LogP contribution in [0.3, 0.4) is 0 Å². The van der Waals surface area contributed by atoms with Crippen LogP contribution in [0.1, 0.15) is 0 Å². The molecule has 0 aliphatic carbocycles. The van der Waals surface area contributed by atoms with E-state index in [0.717, 1.165) is 11.3 Å². The van der Waals surface area contributed by atoms with Crippen LogP contribution in [-0.2, 0) is 21.1 Å². The summed E-state index contributed by atoms with van der Waals surface area (Å²) >= 11 is 0. The number of hydrogen-bond acceptors (Lipinski definition) is 3. The van der Waals surface area contributed by atoms with Crippen molar-refractivity contribution in [3.8, 4) is 11.3 Å². The van der Waals surface area contributed by atoms with Crippen molar-refractivity contribution in [2.24, 2.45) is 0 Å². The van der Waals surface area contributed by atoms with E-state index in [9.17, 15) is 0 Å². The summed E-state index contributed by atoms with van der Waals surface area (Å²) in [6, 6.07) is 16.8. The van der Waals surface area contributed by atoms with Crippen molar-refractivity contribution < 1.29 is 21.1 Å². The minimum Gasteiger partial charge on any atom is -0.512 e. The molecule has 0 N–H and O–H groups in total. The molecular formula is C13H8N3Pt-3. The molecule has 0 bridgehead atoms. The van der Waals surface area contributed by atoms with Crippen LogP contribution in [0.2, 0.25) is 0 Å². The van der Waals surface area contributed by atoms with Crippen LogP contribution in [0.25, 0.3) is 11.3 Å². The second kappa shape index (κ2) is 12.1. The number of pyridine rings is 1. The zero-order chi connectivity index (χ0) is 12.2. The van der Waals surface area contributed by atoms with Crippen LogP contribution in [0.15, 0.2) is 48.7 Å². The Hall–Kier alpha value is -1.96. The fraction of sp³-hybridized carbons (Fsp3) is 0. The van der Waals surface area contributed by atoms with Gasteiger partial charge in [-0.3, -0.25) is 0 Å². The molecule has 1 aromatic heterocycles. The molecule has 0 spiro atoms. The number of benzene rings is 1. The van der Waals surface area contributed by atoms with Crippen molar-refractivity contribution >= 4 is 0 Å². The van der Waals surface area contributed by atoms with Crippen molar-refractivity contribution in [1.82, 2.24) is 4.98 Å². The predicted molar refractivity (Wildman–Crippen MR) is 58.4 cm³/mol. The van der Waals surface area contributed by atoms with Gasteiger partial charge >= 0.3 is 0 Å². The molecular weight excluding hydrogens is 393 g/mol. The van der Waals surface area contributed by atoms with E-state index in [1.165, 1.54) is 0 Å².